The average molecular weight is 464 g/mol. The molecule has 2 saturated heterocycles. The first-order valence-corrected chi connectivity index (χ1v) is 11.6. The van der Waals surface area contributed by atoms with Gasteiger partial charge in [-0.1, -0.05) is 60.7 Å². The summed E-state index contributed by atoms with van der Waals surface area (Å²) in [5.74, 6) is -1.25. The molecule has 172 valence electrons. The van der Waals surface area contributed by atoms with Gasteiger partial charge in [-0.15, -0.1) is 0 Å². The number of rotatable bonds is 3. The number of benzene rings is 3. The first-order valence-electron chi connectivity index (χ1n) is 11.6. The smallest absolute Gasteiger partial charge is 0.240 e. The molecule has 0 radical (unpaired) electrons. The van der Waals surface area contributed by atoms with E-state index >= 15 is 0 Å². The summed E-state index contributed by atoms with van der Waals surface area (Å²) in [5, 5.41) is 0. The number of hydrogen-bond donors (Lipinski definition) is 0. The second kappa shape index (κ2) is 7.30. The molecular formula is C28H20N2O5. The number of para-hydroxylation sites is 1. The Hall–Kier alpha value is -4.39. The van der Waals surface area contributed by atoms with Crippen LogP contribution >= 0.6 is 0 Å². The molecule has 4 heterocycles. The number of Topliss-reactive ketones (excluding diaryl/α,β-unsaturated/α-hetero) is 1. The van der Waals surface area contributed by atoms with Crippen LogP contribution in [0.4, 0.5) is 11.4 Å². The molecule has 3 aromatic rings. The summed E-state index contributed by atoms with van der Waals surface area (Å²) in [6, 6.07) is 20.6. The van der Waals surface area contributed by atoms with Crippen LogP contribution in [0.1, 0.15) is 15.9 Å². The van der Waals surface area contributed by atoms with Gasteiger partial charge in [0.05, 0.1) is 23.6 Å². The molecule has 4 aliphatic heterocycles. The third-order valence-corrected chi connectivity index (χ3v) is 7.36. The van der Waals surface area contributed by atoms with E-state index in [1.807, 2.05) is 59.5 Å². The Labute approximate surface area is 201 Å². The molecule has 7 nitrogen and oxygen atoms in total. The van der Waals surface area contributed by atoms with E-state index in [4.69, 9.17) is 9.47 Å². The van der Waals surface area contributed by atoms with Crippen LogP contribution in [0.2, 0.25) is 0 Å². The van der Waals surface area contributed by atoms with E-state index in [9.17, 15) is 14.4 Å². The Morgan fingerprint density at radius 1 is 0.829 bits per heavy atom. The number of nitrogens with zero attached hydrogens (tertiary/aromatic N) is 2. The molecule has 0 aromatic heterocycles. The first-order chi connectivity index (χ1) is 17.1. The molecule has 3 aromatic carbocycles. The Morgan fingerprint density at radius 2 is 1.57 bits per heavy atom. The third kappa shape index (κ3) is 2.75. The highest BCUT2D eigenvalue weighted by atomic mass is 16.7. The van der Waals surface area contributed by atoms with Crippen LogP contribution in [0.3, 0.4) is 0 Å². The van der Waals surface area contributed by atoms with Gasteiger partial charge in [-0.2, -0.15) is 0 Å². The highest BCUT2D eigenvalue weighted by molar-refractivity contribution is 6.25. The lowest BCUT2D eigenvalue weighted by Gasteiger charge is -2.36. The molecule has 7 heteroatoms. The zero-order valence-electron chi connectivity index (χ0n) is 18.5. The number of ketones is 1. The number of carbonyl (C=O) groups is 3. The number of anilines is 2. The van der Waals surface area contributed by atoms with Crippen LogP contribution in [0, 0.1) is 11.8 Å². The second-order valence-corrected chi connectivity index (χ2v) is 9.09. The van der Waals surface area contributed by atoms with Crippen molar-refractivity contribution in [3.63, 3.8) is 0 Å². The van der Waals surface area contributed by atoms with Crippen molar-refractivity contribution in [1.82, 2.24) is 0 Å². The quantitative estimate of drug-likeness (QED) is 0.435. The molecule has 0 saturated carbocycles. The number of ether oxygens (including phenoxy) is 2. The molecule has 4 atom stereocenters. The van der Waals surface area contributed by atoms with Crippen molar-refractivity contribution in [3.8, 4) is 11.5 Å². The third-order valence-electron chi connectivity index (χ3n) is 7.36. The number of imide groups is 1. The number of carbonyl (C=O) groups excluding carboxylic acids is 3. The lowest BCUT2D eigenvalue weighted by atomic mass is 9.86. The zero-order chi connectivity index (χ0) is 23.7. The van der Waals surface area contributed by atoms with E-state index < -0.39 is 23.9 Å². The predicted octanol–water partition coefficient (Wildman–Crippen LogP) is 3.69. The van der Waals surface area contributed by atoms with Crippen LogP contribution in [0.5, 0.6) is 11.5 Å². The maximum Gasteiger partial charge on any atom is 0.240 e. The molecular weight excluding hydrogens is 444 g/mol. The summed E-state index contributed by atoms with van der Waals surface area (Å²) in [6.45, 7) is 0.0980. The molecule has 0 spiro atoms. The van der Waals surface area contributed by atoms with Gasteiger partial charge in [0, 0.05) is 17.3 Å². The van der Waals surface area contributed by atoms with Crippen molar-refractivity contribution in [1.29, 1.82) is 0 Å². The van der Waals surface area contributed by atoms with Gasteiger partial charge in [-0.25, -0.2) is 4.90 Å². The fourth-order valence-corrected chi connectivity index (χ4v) is 5.87. The highest BCUT2D eigenvalue weighted by Gasteiger charge is 2.64. The van der Waals surface area contributed by atoms with Gasteiger partial charge in [0.1, 0.15) is 6.04 Å². The largest absolute Gasteiger partial charge is 0.454 e. The standard InChI is InChI=1S/C28H20N2O5/c31-26(17-7-2-1-3-8-17)25-24-23(20-12-10-16-6-4-5-9-19(16)30(20)25)27(32)29(28(24)33)18-11-13-21-22(14-18)35-15-34-21/h1-14,20,23-25H,15H2/t20-,23+,24-,25+/m1/s1. The van der Waals surface area contributed by atoms with Crippen molar-refractivity contribution in [2.75, 3.05) is 16.6 Å². The van der Waals surface area contributed by atoms with Crippen LogP contribution in [-0.4, -0.2) is 36.5 Å². The van der Waals surface area contributed by atoms with E-state index in [-0.39, 0.29) is 24.4 Å². The van der Waals surface area contributed by atoms with Gasteiger partial charge < -0.3 is 14.4 Å². The van der Waals surface area contributed by atoms with Crippen molar-refractivity contribution in [2.45, 2.75) is 12.1 Å². The Morgan fingerprint density at radius 3 is 2.43 bits per heavy atom. The van der Waals surface area contributed by atoms with Crippen LogP contribution in [0.15, 0.2) is 78.9 Å². The summed E-state index contributed by atoms with van der Waals surface area (Å²) >= 11 is 0. The van der Waals surface area contributed by atoms with Gasteiger partial charge in [-0.05, 0) is 23.8 Å². The lowest BCUT2D eigenvalue weighted by molar-refractivity contribution is -0.122. The minimum Gasteiger partial charge on any atom is -0.454 e. The normalized spacial score (nSPS) is 25.5. The molecule has 4 aliphatic rings. The summed E-state index contributed by atoms with van der Waals surface area (Å²) in [5.41, 5.74) is 2.77. The average Bonchev–Trinajstić information content (AvgIpc) is 3.57. The highest BCUT2D eigenvalue weighted by Crippen LogP contribution is 2.50. The maximum absolute atomic E-state index is 13.9. The van der Waals surface area contributed by atoms with Crippen molar-refractivity contribution in [3.05, 3.63) is 90.0 Å². The van der Waals surface area contributed by atoms with Crippen LogP contribution < -0.4 is 19.3 Å². The van der Waals surface area contributed by atoms with Gasteiger partial charge in [-0.3, -0.25) is 14.4 Å². The monoisotopic (exact) mass is 464 g/mol. The molecule has 0 aliphatic carbocycles. The van der Waals surface area contributed by atoms with E-state index in [2.05, 4.69) is 0 Å². The molecule has 2 amide bonds. The molecule has 0 N–H and O–H groups in total. The first kappa shape index (κ1) is 20.0. The lowest BCUT2D eigenvalue weighted by Crippen LogP contribution is -2.48. The van der Waals surface area contributed by atoms with Gasteiger partial charge in [0.25, 0.3) is 0 Å². The topological polar surface area (TPSA) is 76.1 Å². The SMILES string of the molecule is O=C(c1ccccc1)[C@@H]1[C@@H]2C(=O)N(c3ccc4c(c3)OCO4)C(=O)[C@H]2[C@H]2C=Cc3ccccc3N21. The Bertz CT molecular complexity index is 1430. The predicted molar refractivity (Wildman–Crippen MR) is 128 cm³/mol. The van der Waals surface area contributed by atoms with Crippen LogP contribution in [0.25, 0.3) is 6.08 Å². The fourth-order valence-electron chi connectivity index (χ4n) is 5.87. The second-order valence-electron chi connectivity index (χ2n) is 9.09. The van der Waals surface area contributed by atoms with Gasteiger partial charge in [0.15, 0.2) is 17.3 Å². The van der Waals surface area contributed by atoms with E-state index in [0.29, 0.717) is 22.7 Å². The maximum atomic E-state index is 13.9. The zero-order valence-corrected chi connectivity index (χ0v) is 18.5. The van der Waals surface area contributed by atoms with Crippen molar-refractivity contribution in [2.24, 2.45) is 11.8 Å². The summed E-state index contributed by atoms with van der Waals surface area (Å²) in [4.78, 5) is 44.9. The minimum absolute atomic E-state index is 0.0980. The van der Waals surface area contributed by atoms with Crippen molar-refractivity contribution >= 4 is 35.0 Å². The summed E-state index contributed by atoms with van der Waals surface area (Å²) < 4.78 is 10.8. The van der Waals surface area contributed by atoms with Gasteiger partial charge >= 0.3 is 0 Å². The molecule has 0 bridgehead atoms. The Kier molecular flexibility index (Phi) is 4.18. The van der Waals surface area contributed by atoms with E-state index in [0.717, 1.165) is 11.3 Å². The number of amides is 2. The van der Waals surface area contributed by atoms with Gasteiger partial charge in [0.2, 0.25) is 18.6 Å². The molecule has 35 heavy (non-hydrogen) atoms. The molecule has 2 fully saturated rings. The fraction of sp³-hybridized carbons (Fsp3) is 0.179. The number of fused-ring (bicyclic) bond motifs is 6. The molecule has 7 rings (SSSR count). The number of hydrogen-bond acceptors (Lipinski definition) is 6. The summed E-state index contributed by atoms with van der Waals surface area (Å²) in [6.07, 6.45) is 3.93. The minimum atomic E-state index is -0.804. The van der Waals surface area contributed by atoms with E-state index in [1.54, 1.807) is 30.3 Å². The molecule has 0 unspecified atom stereocenters. The van der Waals surface area contributed by atoms with Crippen molar-refractivity contribution < 1.29 is 23.9 Å². The van der Waals surface area contributed by atoms with Crippen LogP contribution in [-0.2, 0) is 9.59 Å². The van der Waals surface area contributed by atoms with E-state index in [1.165, 1.54) is 4.90 Å². The summed E-state index contributed by atoms with van der Waals surface area (Å²) in [7, 11) is 0. The Balaban J connectivity index is 1.36.